The smallest absolute Gasteiger partial charge is 0.136 e. The molecule has 0 fully saturated rings. The van der Waals surface area contributed by atoms with Crippen molar-refractivity contribution in [3.05, 3.63) is 212 Å². The lowest BCUT2D eigenvalue weighted by Crippen LogP contribution is -1.84. The second kappa shape index (κ2) is 12.9. The molecule has 12 aromatic carbocycles. The van der Waals surface area contributed by atoms with Gasteiger partial charge >= 0.3 is 0 Å². The summed E-state index contributed by atoms with van der Waals surface area (Å²) in [6, 6.07) is 78.2. The van der Waals surface area contributed by atoms with E-state index in [1.54, 1.807) is 0 Å². The molecule has 0 saturated heterocycles. The molecule has 0 bridgehead atoms. The van der Waals surface area contributed by atoms with Crippen molar-refractivity contribution < 1.29 is 8.83 Å². The summed E-state index contributed by atoms with van der Waals surface area (Å²) in [5.74, 6) is 0. The first-order valence-electron chi connectivity index (χ1n) is 23.0. The van der Waals surface area contributed by atoms with Gasteiger partial charge in [0.15, 0.2) is 0 Å². The molecular formula is C64H35NO2. The van der Waals surface area contributed by atoms with E-state index >= 15 is 0 Å². The largest absolute Gasteiger partial charge is 0.456 e. The second-order valence-corrected chi connectivity index (χ2v) is 18.5. The van der Waals surface area contributed by atoms with E-state index in [1.165, 1.54) is 115 Å². The van der Waals surface area contributed by atoms with Crippen LogP contribution in [-0.4, -0.2) is 4.40 Å². The molecule has 0 aliphatic heterocycles. The lowest BCUT2D eigenvalue weighted by Gasteiger charge is -2.08. The number of nitrogens with zero attached hydrogens (tertiary/aromatic N) is 1. The SMILES string of the molecule is c1ccc(-c2cc3c4cc5ccc(-c6ccc7oc8cc9ccccc9cc8c7c6)cc5cc4n4c5cc6cc(-c7ccc8oc9cc%10ccccc%10cc9c8c7)ccc6cc5c(c2)c34)cc1. The standard InChI is InChI=1S/C64H35NO2/c1-2-8-36(9-3-1)49-30-56-50-24-45-16-14-41(43-18-20-60-52(28-43)54-26-37-10-4-6-12-39(37)34-62(54)66-60)22-47(45)32-58(50)65-59-33-48-23-42(15-17-46(48)25-51(59)57(31-49)64(56)65)44-19-21-61-53(29-44)55-27-38-11-5-7-13-40(38)35-63(55)67-61/h1-35H. The highest BCUT2D eigenvalue weighted by molar-refractivity contribution is 6.27. The van der Waals surface area contributed by atoms with Crippen molar-refractivity contribution in [2.45, 2.75) is 0 Å². The number of benzene rings is 12. The third-order valence-electron chi connectivity index (χ3n) is 14.8. The third-order valence-corrected chi connectivity index (χ3v) is 14.8. The topological polar surface area (TPSA) is 30.7 Å². The van der Waals surface area contributed by atoms with E-state index < -0.39 is 0 Å². The fourth-order valence-corrected chi connectivity index (χ4v) is 11.5. The maximum atomic E-state index is 6.38. The van der Waals surface area contributed by atoms with E-state index in [9.17, 15) is 0 Å². The summed E-state index contributed by atoms with van der Waals surface area (Å²) in [6.07, 6.45) is 0. The van der Waals surface area contributed by atoms with E-state index in [1.807, 2.05) is 0 Å². The molecule has 0 amide bonds. The van der Waals surface area contributed by atoms with Gasteiger partial charge in [0, 0.05) is 43.1 Å². The minimum Gasteiger partial charge on any atom is -0.456 e. The summed E-state index contributed by atoms with van der Waals surface area (Å²) in [7, 11) is 0. The molecule has 4 heterocycles. The zero-order valence-electron chi connectivity index (χ0n) is 36.0. The summed E-state index contributed by atoms with van der Waals surface area (Å²) in [5, 5.41) is 19.3. The maximum Gasteiger partial charge on any atom is 0.136 e. The number of aromatic nitrogens is 1. The van der Waals surface area contributed by atoms with Crippen LogP contribution in [0.2, 0.25) is 0 Å². The molecule has 0 aliphatic rings. The third kappa shape index (κ3) is 5.06. The van der Waals surface area contributed by atoms with Gasteiger partial charge in [0.1, 0.15) is 22.3 Å². The summed E-state index contributed by atoms with van der Waals surface area (Å²) in [5.41, 5.74) is 14.5. The molecule has 16 rings (SSSR count). The summed E-state index contributed by atoms with van der Waals surface area (Å²) in [6.45, 7) is 0. The van der Waals surface area contributed by atoms with Gasteiger partial charge in [0.05, 0.1) is 16.6 Å². The van der Waals surface area contributed by atoms with E-state index in [4.69, 9.17) is 8.83 Å². The van der Waals surface area contributed by atoms with Gasteiger partial charge in [-0.1, -0.05) is 115 Å². The van der Waals surface area contributed by atoms with Crippen LogP contribution in [0.3, 0.4) is 0 Å². The highest BCUT2D eigenvalue weighted by Crippen LogP contribution is 2.45. The van der Waals surface area contributed by atoms with Crippen molar-refractivity contribution in [3.63, 3.8) is 0 Å². The van der Waals surface area contributed by atoms with Crippen molar-refractivity contribution in [1.82, 2.24) is 4.40 Å². The predicted molar refractivity (Wildman–Crippen MR) is 282 cm³/mol. The Balaban J connectivity index is 0.894. The van der Waals surface area contributed by atoms with E-state index in [0.29, 0.717) is 0 Å². The highest BCUT2D eigenvalue weighted by Gasteiger charge is 2.21. The molecule has 16 aromatic rings. The van der Waals surface area contributed by atoms with Crippen LogP contribution in [0.15, 0.2) is 221 Å². The van der Waals surface area contributed by atoms with Crippen molar-refractivity contribution in [2.24, 2.45) is 0 Å². The quantitative estimate of drug-likeness (QED) is 0.177. The molecular weight excluding hydrogens is 815 g/mol. The number of hydrogen-bond donors (Lipinski definition) is 0. The lowest BCUT2D eigenvalue weighted by molar-refractivity contribution is 0.669. The Morgan fingerprint density at radius 3 is 1.12 bits per heavy atom. The maximum absolute atomic E-state index is 6.38. The first-order valence-corrected chi connectivity index (χ1v) is 23.0. The molecule has 0 unspecified atom stereocenters. The van der Waals surface area contributed by atoms with Crippen molar-refractivity contribution in [3.8, 4) is 33.4 Å². The normalized spacial score (nSPS) is 12.5. The van der Waals surface area contributed by atoms with Crippen LogP contribution >= 0.6 is 0 Å². The van der Waals surface area contributed by atoms with Crippen molar-refractivity contribution in [2.75, 3.05) is 0 Å². The van der Waals surface area contributed by atoms with Gasteiger partial charge in [-0.15, -0.1) is 0 Å². The van der Waals surface area contributed by atoms with Gasteiger partial charge in [-0.05, 0) is 174 Å². The minimum atomic E-state index is 0.907. The monoisotopic (exact) mass is 849 g/mol. The molecule has 4 aromatic heterocycles. The average Bonchev–Trinajstić information content (AvgIpc) is 4.11. The van der Waals surface area contributed by atoms with Crippen LogP contribution in [0.25, 0.3) is 158 Å². The van der Waals surface area contributed by atoms with Crippen LogP contribution in [0, 0.1) is 0 Å². The van der Waals surface area contributed by atoms with Crippen LogP contribution in [0.1, 0.15) is 0 Å². The zero-order valence-corrected chi connectivity index (χ0v) is 36.0. The number of hydrogen-bond acceptors (Lipinski definition) is 2. The Hall–Kier alpha value is -8.92. The number of fused-ring (bicyclic) bond motifs is 16. The fraction of sp³-hybridized carbons (Fsp3) is 0. The molecule has 3 heteroatoms. The summed E-state index contributed by atoms with van der Waals surface area (Å²) < 4.78 is 15.3. The molecule has 67 heavy (non-hydrogen) atoms. The molecule has 0 saturated carbocycles. The summed E-state index contributed by atoms with van der Waals surface area (Å²) >= 11 is 0. The molecule has 0 aliphatic carbocycles. The molecule has 308 valence electrons. The second-order valence-electron chi connectivity index (χ2n) is 18.5. The highest BCUT2D eigenvalue weighted by atomic mass is 16.3. The van der Waals surface area contributed by atoms with Gasteiger partial charge in [0.25, 0.3) is 0 Å². The number of furan rings is 2. The molecule has 0 spiro atoms. The molecule has 3 nitrogen and oxygen atoms in total. The van der Waals surface area contributed by atoms with E-state index in [0.717, 1.165) is 43.9 Å². The molecule has 0 N–H and O–H groups in total. The van der Waals surface area contributed by atoms with Gasteiger partial charge in [-0.3, -0.25) is 0 Å². The predicted octanol–water partition coefficient (Wildman–Crippen LogP) is 18.2. The van der Waals surface area contributed by atoms with Crippen LogP contribution < -0.4 is 0 Å². The minimum absolute atomic E-state index is 0.907. The van der Waals surface area contributed by atoms with Crippen LogP contribution in [-0.2, 0) is 0 Å². The summed E-state index contributed by atoms with van der Waals surface area (Å²) in [4.78, 5) is 0. The Bertz CT molecular complexity index is 4520. The van der Waals surface area contributed by atoms with Crippen LogP contribution in [0.5, 0.6) is 0 Å². The van der Waals surface area contributed by atoms with Gasteiger partial charge in [-0.25, -0.2) is 0 Å². The first-order chi connectivity index (χ1) is 33.1. The average molecular weight is 850 g/mol. The Morgan fingerprint density at radius 1 is 0.224 bits per heavy atom. The fourth-order valence-electron chi connectivity index (χ4n) is 11.5. The van der Waals surface area contributed by atoms with Crippen LogP contribution in [0.4, 0.5) is 0 Å². The Morgan fingerprint density at radius 2 is 0.612 bits per heavy atom. The van der Waals surface area contributed by atoms with Crippen molar-refractivity contribution >= 4 is 125 Å². The van der Waals surface area contributed by atoms with Gasteiger partial charge < -0.3 is 13.2 Å². The first kappa shape index (κ1) is 35.4. The Kier molecular flexibility index (Phi) is 6.81. The van der Waals surface area contributed by atoms with Gasteiger partial charge in [-0.2, -0.15) is 0 Å². The van der Waals surface area contributed by atoms with E-state index in [2.05, 4.69) is 217 Å². The van der Waals surface area contributed by atoms with Crippen molar-refractivity contribution in [1.29, 1.82) is 0 Å². The molecule has 0 atom stereocenters. The molecule has 0 radical (unpaired) electrons. The van der Waals surface area contributed by atoms with E-state index in [-0.39, 0.29) is 0 Å². The lowest BCUT2D eigenvalue weighted by atomic mass is 9.96. The zero-order chi connectivity index (χ0) is 43.5. The Labute approximate surface area is 382 Å². The van der Waals surface area contributed by atoms with Gasteiger partial charge in [0.2, 0.25) is 0 Å². The number of rotatable bonds is 3.